The molecule has 3 fully saturated rings. The number of aromatic hydroxyl groups is 2. The summed E-state index contributed by atoms with van der Waals surface area (Å²) in [5.41, 5.74) is 1.40. The van der Waals surface area contributed by atoms with Gasteiger partial charge in [0.1, 0.15) is 79.1 Å². The van der Waals surface area contributed by atoms with Gasteiger partial charge in [0, 0.05) is 6.08 Å². The molecule has 0 aliphatic carbocycles. The highest BCUT2D eigenvalue weighted by Crippen LogP contribution is 2.33. The number of benzene rings is 2. The van der Waals surface area contributed by atoms with Gasteiger partial charge in [-0.25, -0.2) is 4.79 Å². The van der Waals surface area contributed by atoms with Crippen LogP contribution in [0.1, 0.15) is 25.0 Å². The molecule has 0 aromatic heterocycles. The zero-order chi connectivity index (χ0) is 37.7. The molecule has 0 amide bonds. The molecule has 3 aliphatic rings. The molecule has 0 saturated carbocycles. The van der Waals surface area contributed by atoms with E-state index in [-0.39, 0.29) is 18.1 Å². The Kier molecular flexibility index (Phi) is 13.6. The third kappa shape index (κ3) is 9.63. The molecule has 3 saturated heterocycles. The van der Waals surface area contributed by atoms with Crippen molar-refractivity contribution in [1.29, 1.82) is 0 Å². The highest BCUT2D eigenvalue weighted by Gasteiger charge is 2.53. The van der Waals surface area contributed by atoms with Gasteiger partial charge in [-0.05, 0) is 61.7 Å². The van der Waals surface area contributed by atoms with E-state index in [4.69, 9.17) is 33.2 Å². The van der Waals surface area contributed by atoms with E-state index in [9.17, 15) is 50.8 Å². The van der Waals surface area contributed by atoms with Gasteiger partial charge in [-0.2, -0.15) is 0 Å². The fraction of sp³-hybridized carbons (Fsp3) is 0.571. The second-order valence-electron chi connectivity index (χ2n) is 12.9. The van der Waals surface area contributed by atoms with Gasteiger partial charge in [0.25, 0.3) is 0 Å². The van der Waals surface area contributed by atoms with Crippen molar-refractivity contribution in [2.45, 2.75) is 112 Å². The number of carbonyl (C=O) groups excluding carboxylic acids is 1. The standard InChI is InChI=1S/C35H46O17/c1-16-24(39)26(41)28(43)34(48-16)51-31-17(2)49-35(29(44)27(31)42)52-32-25(40)22(15-47-23(38)12-7-18-3-8-20(36)9-4-18)50-33(30(32)45)46-14-13-19-5-10-21(37)11-6-19/h3-12,16-17,22,24-37,39-45H,13-15H2,1-2H3/t16-,17-,22+,24-,25+,26+,27-,28+,29+,30+,31-,32-,33+,34-,35-/m0/s1. The van der Waals surface area contributed by atoms with Crippen LogP contribution in [0, 0.1) is 0 Å². The van der Waals surface area contributed by atoms with E-state index in [2.05, 4.69) is 0 Å². The van der Waals surface area contributed by atoms with Gasteiger partial charge in [-0.1, -0.05) is 24.3 Å². The maximum Gasteiger partial charge on any atom is 0.330 e. The Bertz CT molecular complexity index is 1460. The number of carbonyl (C=O) groups is 1. The zero-order valence-electron chi connectivity index (χ0n) is 28.3. The third-order valence-electron chi connectivity index (χ3n) is 9.11. The summed E-state index contributed by atoms with van der Waals surface area (Å²) in [7, 11) is 0. The van der Waals surface area contributed by atoms with Crippen molar-refractivity contribution in [3.63, 3.8) is 0 Å². The Morgan fingerprint density at radius 3 is 1.88 bits per heavy atom. The summed E-state index contributed by atoms with van der Waals surface area (Å²) in [4.78, 5) is 12.5. The molecule has 17 nitrogen and oxygen atoms in total. The topological polar surface area (TPSA) is 264 Å². The van der Waals surface area contributed by atoms with Crippen molar-refractivity contribution in [3.8, 4) is 11.5 Å². The molecule has 9 N–H and O–H groups in total. The summed E-state index contributed by atoms with van der Waals surface area (Å²) in [6, 6.07) is 12.4. The molecule has 52 heavy (non-hydrogen) atoms. The normalized spacial score (nSPS) is 38.3. The predicted molar refractivity (Wildman–Crippen MR) is 175 cm³/mol. The molecule has 3 heterocycles. The van der Waals surface area contributed by atoms with E-state index in [0.717, 1.165) is 11.6 Å². The first-order chi connectivity index (χ1) is 24.7. The van der Waals surface area contributed by atoms with Gasteiger partial charge in [-0.15, -0.1) is 0 Å². The zero-order valence-corrected chi connectivity index (χ0v) is 28.3. The van der Waals surface area contributed by atoms with Gasteiger partial charge < -0.3 is 79.1 Å². The number of aliphatic hydroxyl groups is 7. The van der Waals surface area contributed by atoms with Crippen LogP contribution in [0.5, 0.6) is 11.5 Å². The lowest BCUT2D eigenvalue weighted by atomic mass is 9.96. The largest absolute Gasteiger partial charge is 0.508 e. The highest BCUT2D eigenvalue weighted by atomic mass is 16.8. The monoisotopic (exact) mass is 738 g/mol. The molecule has 0 bridgehead atoms. The van der Waals surface area contributed by atoms with Crippen LogP contribution < -0.4 is 0 Å². The lowest BCUT2D eigenvalue weighted by molar-refractivity contribution is -0.375. The Balaban J connectivity index is 1.25. The van der Waals surface area contributed by atoms with Gasteiger partial charge >= 0.3 is 5.97 Å². The maximum atomic E-state index is 12.5. The highest BCUT2D eigenvalue weighted by molar-refractivity contribution is 5.87. The molecule has 0 spiro atoms. The molecule has 2 aromatic carbocycles. The summed E-state index contributed by atoms with van der Waals surface area (Å²) in [6.45, 7) is 2.40. The van der Waals surface area contributed by atoms with Crippen LogP contribution in [-0.4, -0.2) is 157 Å². The summed E-state index contributed by atoms with van der Waals surface area (Å²) in [5.74, 6) is -0.664. The lowest BCUT2D eigenvalue weighted by Gasteiger charge is -2.47. The number of hydrogen-bond donors (Lipinski definition) is 9. The molecule has 17 heteroatoms. The predicted octanol–water partition coefficient (Wildman–Crippen LogP) is -1.58. The van der Waals surface area contributed by atoms with Gasteiger partial charge in [0.2, 0.25) is 0 Å². The fourth-order valence-electron chi connectivity index (χ4n) is 6.00. The molecule has 3 aliphatic heterocycles. The minimum absolute atomic E-state index is 0.00788. The summed E-state index contributed by atoms with van der Waals surface area (Å²) >= 11 is 0. The first-order valence-electron chi connectivity index (χ1n) is 16.8. The average Bonchev–Trinajstić information content (AvgIpc) is 3.12. The minimum Gasteiger partial charge on any atom is -0.508 e. The van der Waals surface area contributed by atoms with Crippen LogP contribution in [0.2, 0.25) is 0 Å². The molecule has 15 atom stereocenters. The summed E-state index contributed by atoms with van der Waals surface area (Å²) < 4.78 is 39.7. The van der Waals surface area contributed by atoms with Crippen LogP contribution in [-0.2, 0) is 44.4 Å². The number of hydrogen-bond acceptors (Lipinski definition) is 17. The third-order valence-corrected chi connectivity index (χ3v) is 9.11. The van der Waals surface area contributed by atoms with Gasteiger partial charge in [0.05, 0.1) is 18.8 Å². The number of rotatable bonds is 12. The SMILES string of the molecule is C[C@@H]1O[C@@H](O[C@@H]2[C@@H](O)[C@@H](O)[C@H](O[C@@H]3[C@@H](O)[C@H](OCCc4ccc(O)cc4)O[C@H](COC(=O)C=Cc4ccc(O)cc4)[C@H]3O)O[C@H]2C)[C@H](O)[C@H](O)[C@H]1O. The molecular formula is C35H46O17. The van der Waals surface area contributed by atoms with Crippen LogP contribution >= 0.6 is 0 Å². The van der Waals surface area contributed by atoms with E-state index >= 15 is 0 Å². The van der Waals surface area contributed by atoms with Gasteiger partial charge in [-0.3, -0.25) is 0 Å². The van der Waals surface area contributed by atoms with Crippen molar-refractivity contribution in [1.82, 2.24) is 0 Å². The number of phenolic OH excluding ortho intramolecular Hbond substituents is 2. The first kappa shape index (κ1) is 39.9. The Morgan fingerprint density at radius 1 is 0.654 bits per heavy atom. The maximum absolute atomic E-state index is 12.5. The molecule has 5 rings (SSSR count). The van der Waals surface area contributed by atoms with E-state index in [1.807, 2.05) is 0 Å². The number of ether oxygens (including phenoxy) is 7. The Hall–Kier alpha value is -3.27. The van der Waals surface area contributed by atoms with Crippen LogP contribution in [0.3, 0.4) is 0 Å². The van der Waals surface area contributed by atoms with Crippen LogP contribution in [0.25, 0.3) is 6.08 Å². The molecule has 288 valence electrons. The van der Waals surface area contributed by atoms with Crippen molar-refractivity contribution in [2.24, 2.45) is 0 Å². The quantitative estimate of drug-likeness (QED) is 0.0879. The number of phenols is 2. The van der Waals surface area contributed by atoms with Crippen molar-refractivity contribution in [3.05, 3.63) is 65.7 Å². The fourth-order valence-corrected chi connectivity index (χ4v) is 6.00. The van der Waals surface area contributed by atoms with E-state index in [1.165, 1.54) is 44.2 Å². The Morgan fingerprint density at radius 2 is 1.23 bits per heavy atom. The van der Waals surface area contributed by atoms with Crippen LogP contribution in [0.4, 0.5) is 0 Å². The molecule has 0 unspecified atom stereocenters. The molecule has 0 radical (unpaired) electrons. The molecular weight excluding hydrogens is 692 g/mol. The smallest absolute Gasteiger partial charge is 0.330 e. The second kappa shape index (κ2) is 17.7. The van der Waals surface area contributed by atoms with Crippen LogP contribution in [0.15, 0.2) is 54.6 Å². The first-order valence-corrected chi connectivity index (χ1v) is 16.8. The van der Waals surface area contributed by atoms with E-state index < -0.39 is 105 Å². The van der Waals surface area contributed by atoms with Gasteiger partial charge in [0.15, 0.2) is 18.9 Å². The van der Waals surface area contributed by atoms with Crippen molar-refractivity contribution in [2.75, 3.05) is 13.2 Å². The second-order valence-corrected chi connectivity index (χ2v) is 12.9. The number of aliphatic hydroxyl groups excluding tert-OH is 7. The Labute approximate surface area is 298 Å². The molecule has 2 aromatic rings. The minimum atomic E-state index is -1.84. The van der Waals surface area contributed by atoms with E-state index in [0.29, 0.717) is 12.0 Å². The number of esters is 1. The van der Waals surface area contributed by atoms with E-state index in [1.54, 1.807) is 24.3 Å². The lowest BCUT2D eigenvalue weighted by Crippen LogP contribution is -2.65. The van der Waals surface area contributed by atoms with Crippen molar-refractivity contribution < 1.29 is 83.9 Å². The average molecular weight is 739 g/mol. The summed E-state index contributed by atoms with van der Waals surface area (Å²) in [5, 5.41) is 94.1. The summed E-state index contributed by atoms with van der Waals surface area (Å²) in [6.07, 6.45) is -19.5. The van der Waals surface area contributed by atoms with Crippen molar-refractivity contribution >= 4 is 12.0 Å².